The molecule has 1 heterocycles. The van der Waals surface area contributed by atoms with Crippen molar-refractivity contribution in [3.8, 4) is 0 Å². The third kappa shape index (κ3) is 4.02. The van der Waals surface area contributed by atoms with E-state index in [1.54, 1.807) is 6.07 Å². The Labute approximate surface area is 80.8 Å². The summed E-state index contributed by atoms with van der Waals surface area (Å²) in [4.78, 5) is 0. The monoisotopic (exact) mass is 261 g/mol. The molecule has 0 nitrogen and oxygen atoms in total. The van der Waals surface area contributed by atoms with Crippen LogP contribution in [0.1, 0.15) is 0 Å². The molecule has 0 saturated heterocycles. The fourth-order valence-electron chi connectivity index (χ4n) is 0.224. The van der Waals surface area contributed by atoms with Gasteiger partial charge in [-0.05, 0) is 0 Å². The predicted octanol–water partition coefficient (Wildman–Crippen LogP) is 2.78. The second kappa shape index (κ2) is 6.22. The largest absolute Gasteiger partial charge is 0.284 e. The SMILES string of the molecule is Br.Clc1cc[c-]s1.[Zn]. The molecule has 0 bridgehead atoms. The van der Waals surface area contributed by atoms with E-state index in [0.29, 0.717) is 0 Å². The fourth-order valence-corrected chi connectivity index (χ4v) is 0.805. The van der Waals surface area contributed by atoms with Gasteiger partial charge >= 0.3 is 0 Å². The maximum Gasteiger partial charge on any atom is 0 e. The Morgan fingerprint density at radius 3 is 2.38 bits per heavy atom. The topological polar surface area (TPSA) is 0 Å². The van der Waals surface area contributed by atoms with Gasteiger partial charge in [-0.25, -0.2) is 0 Å². The molecule has 42 valence electrons. The quantitative estimate of drug-likeness (QED) is 0.499. The summed E-state index contributed by atoms with van der Waals surface area (Å²) in [5.74, 6) is 0. The van der Waals surface area contributed by atoms with E-state index in [1.807, 2.05) is 6.07 Å². The first kappa shape index (κ1) is 11.8. The normalized spacial score (nSPS) is 6.62. The molecule has 0 aliphatic rings. The number of hydrogen-bond acceptors (Lipinski definition) is 1. The number of halogens is 2. The zero-order valence-corrected chi connectivity index (χ0v) is 10.3. The fraction of sp³-hybridized carbons (Fsp3) is 0. The molecule has 0 aliphatic carbocycles. The summed E-state index contributed by atoms with van der Waals surface area (Å²) in [7, 11) is 0. The number of rotatable bonds is 0. The van der Waals surface area contributed by atoms with Crippen molar-refractivity contribution in [3.63, 3.8) is 0 Å². The molecule has 0 fully saturated rings. The Hall–Kier alpha value is 1.09. The molecule has 0 radical (unpaired) electrons. The van der Waals surface area contributed by atoms with Crippen molar-refractivity contribution >= 4 is 39.9 Å². The molecule has 1 aromatic heterocycles. The van der Waals surface area contributed by atoms with Crippen LogP contribution in [0.4, 0.5) is 0 Å². The third-order valence-corrected chi connectivity index (χ3v) is 1.38. The Balaban J connectivity index is 0. The van der Waals surface area contributed by atoms with E-state index < -0.39 is 0 Å². The summed E-state index contributed by atoms with van der Waals surface area (Å²) in [6, 6.07) is 3.61. The second-order valence-corrected chi connectivity index (χ2v) is 2.37. The average Bonchev–Trinajstić information content (AvgIpc) is 1.86. The van der Waals surface area contributed by atoms with E-state index in [-0.39, 0.29) is 36.5 Å². The number of hydrogen-bond donors (Lipinski definition) is 0. The Bertz CT molecular complexity index is 120. The van der Waals surface area contributed by atoms with Gasteiger partial charge in [0.25, 0.3) is 0 Å². The van der Waals surface area contributed by atoms with Crippen LogP contribution in [0.25, 0.3) is 0 Å². The zero-order chi connectivity index (χ0) is 4.41. The minimum absolute atomic E-state index is 0. The molecule has 8 heavy (non-hydrogen) atoms. The van der Waals surface area contributed by atoms with Crippen LogP contribution < -0.4 is 0 Å². The van der Waals surface area contributed by atoms with Gasteiger partial charge in [0.15, 0.2) is 0 Å². The molecule has 0 aliphatic heterocycles. The first-order valence-corrected chi connectivity index (χ1v) is 2.70. The predicted molar refractivity (Wildman–Crippen MR) is 38.5 cm³/mol. The van der Waals surface area contributed by atoms with Crippen molar-refractivity contribution in [2.45, 2.75) is 0 Å². The third-order valence-electron chi connectivity index (χ3n) is 0.439. The van der Waals surface area contributed by atoms with Crippen LogP contribution in [0.2, 0.25) is 4.34 Å². The van der Waals surface area contributed by atoms with Gasteiger partial charge in [0, 0.05) is 19.5 Å². The first-order chi connectivity index (χ1) is 2.89. The van der Waals surface area contributed by atoms with Crippen molar-refractivity contribution in [1.82, 2.24) is 0 Å². The minimum atomic E-state index is 0. The van der Waals surface area contributed by atoms with Gasteiger partial charge < -0.3 is 0 Å². The Kier molecular flexibility index (Phi) is 9.20. The van der Waals surface area contributed by atoms with Crippen molar-refractivity contribution in [2.75, 3.05) is 0 Å². The standard InChI is InChI=1S/C4H2ClS.BrH.Zn/c5-4-2-1-3-6-4;;/h1-2H;1H;/q-1;;. The maximum atomic E-state index is 5.44. The summed E-state index contributed by atoms with van der Waals surface area (Å²) >= 11 is 6.86. The smallest absolute Gasteiger partial charge is 0 e. The van der Waals surface area contributed by atoms with Gasteiger partial charge in [-0.15, -0.1) is 22.4 Å². The van der Waals surface area contributed by atoms with Gasteiger partial charge in [0.2, 0.25) is 0 Å². The maximum absolute atomic E-state index is 5.44. The van der Waals surface area contributed by atoms with Crippen molar-refractivity contribution in [1.29, 1.82) is 0 Å². The minimum Gasteiger partial charge on any atom is -0.284 e. The molecule has 0 saturated carbocycles. The molecule has 0 unspecified atom stereocenters. The van der Waals surface area contributed by atoms with E-state index in [0.717, 1.165) is 4.34 Å². The second-order valence-electron chi connectivity index (χ2n) is 0.857. The molecule has 0 atom stereocenters. The molecule has 0 aromatic carbocycles. The molecule has 0 spiro atoms. The molecular weight excluding hydrogens is 261 g/mol. The van der Waals surface area contributed by atoms with Gasteiger partial charge in [-0.3, -0.25) is 11.3 Å². The summed E-state index contributed by atoms with van der Waals surface area (Å²) in [5, 5.41) is 2.84. The van der Waals surface area contributed by atoms with Crippen LogP contribution in [0.3, 0.4) is 0 Å². The summed E-state index contributed by atoms with van der Waals surface area (Å²) in [5.41, 5.74) is 0. The van der Waals surface area contributed by atoms with Crippen molar-refractivity contribution < 1.29 is 19.5 Å². The van der Waals surface area contributed by atoms with E-state index >= 15 is 0 Å². The van der Waals surface area contributed by atoms with Crippen LogP contribution in [-0.2, 0) is 19.5 Å². The van der Waals surface area contributed by atoms with E-state index in [2.05, 4.69) is 5.38 Å². The summed E-state index contributed by atoms with van der Waals surface area (Å²) < 4.78 is 0.801. The van der Waals surface area contributed by atoms with Crippen LogP contribution in [0, 0.1) is 5.38 Å². The van der Waals surface area contributed by atoms with Gasteiger partial charge in [-0.2, -0.15) is 23.7 Å². The molecule has 0 amide bonds. The van der Waals surface area contributed by atoms with E-state index in [1.165, 1.54) is 11.3 Å². The van der Waals surface area contributed by atoms with Crippen LogP contribution >= 0.6 is 39.9 Å². The molecule has 4 heteroatoms. The Morgan fingerprint density at radius 1 is 1.62 bits per heavy atom. The van der Waals surface area contributed by atoms with Crippen molar-refractivity contribution in [2.24, 2.45) is 0 Å². The molecule has 1 rings (SSSR count). The van der Waals surface area contributed by atoms with E-state index in [9.17, 15) is 0 Å². The molecule has 1 aromatic rings. The van der Waals surface area contributed by atoms with Crippen LogP contribution in [0.15, 0.2) is 12.1 Å². The van der Waals surface area contributed by atoms with Crippen molar-refractivity contribution in [3.05, 3.63) is 21.8 Å². The summed E-state index contributed by atoms with van der Waals surface area (Å²) in [6.07, 6.45) is 0. The van der Waals surface area contributed by atoms with Gasteiger partial charge in [0.05, 0.1) is 0 Å². The number of thiophene rings is 1. The molecule has 0 N–H and O–H groups in total. The zero-order valence-electron chi connectivity index (χ0n) is 4.06. The van der Waals surface area contributed by atoms with Gasteiger partial charge in [-0.1, -0.05) is 4.34 Å². The van der Waals surface area contributed by atoms with Crippen LogP contribution in [0.5, 0.6) is 0 Å². The summed E-state index contributed by atoms with van der Waals surface area (Å²) in [6.45, 7) is 0. The van der Waals surface area contributed by atoms with E-state index in [4.69, 9.17) is 11.6 Å². The average molecular weight is 264 g/mol. The first-order valence-electron chi connectivity index (χ1n) is 1.51. The molecular formula is C4H3BrClSZn-. The Morgan fingerprint density at radius 2 is 2.25 bits per heavy atom. The van der Waals surface area contributed by atoms with Crippen LogP contribution in [-0.4, -0.2) is 0 Å². The van der Waals surface area contributed by atoms with Gasteiger partial charge in [0.1, 0.15) is 0 Å².